The highest BCUT2D eigenvalue weighted by molar-refractivity contribution is 7.89. The minimum absolute atomic E-state index is 0.000883. The molecule has 0 aliphatic carbocycles. The first-order valence-electron chi connectivity index (χ1n) is 6.51. The minimum Gasteiger partial charge on any atom is -0.399 e. The molecule has 0 saturated heterocycles. The van der Waals surface area contributed by atoms with E-state index in [1.807, 2.05) is 13.8 Å². The summed E-state index contributed by atoms with van der Waals surface area (Å²) in [6.07, 6.45) is 1.39. The Labute approximate surface area is 120 Å². The van der Waals surface area contributed by atoms with Crippen LogP contribution in [0.25, 0.3) is 0 Å². The van der Waals surface area contributed by atoms with Crippen LogP contribution in [0.5, 0.6) is 0 Å². The normalized spacial score (nSPS) is 12.4. The van der Waals surface area contributed by atoms with Crippen LogP contribution in [0.4, 0.5) is 11.4 Å². The average molecular weight is 301 g/mol. The zero-order valence-electron chi connectivity index (χ0n) is 12.1. The number of nitrogen functional groups attached to an aromatic ring is 1. The molecule has 1 aromatic rings. The van der Waals surface area contributed by atoms with Crippen LogP contribution < -0.4 is 16.2 Å². The van der Waals surface area contributed by atoms with E-state index in [0.717, 1.165) is 0 Å². The van der Waals surface area contributed by atoms with Gasteiger partial charge in [-0.2, -0.15) is 0 Å². The molecule has 0 bridgehead atoms. The second kappa shape index (κ2) is 5.99. The van der Waals surface area contributed by atoms with Crippen LogP contribution in [0.1, 0.15) is 32.3 Å². The topological polar surface area (TPSA) is 118 Å². The standard InChI is InChI=1S/C13H23N3O3S/c1-4-13(5-2,8-17)16-11-6-10(14)7-12(9(11)3)20(15,18)19/h6-7,16-17H,4-5,8,14H2,1-3H3,(H2,15,18,19). The van der Waals surface area contributed by atoms with Crippen LogP contribution >= 0.6 is 0 Å². The molecule has 0 saturated carbocycles. The van der Waals surface area contributed by atoms with Crippen LogP contribution in [0.2, 0.25) is 0 Å². The highest BCUT2D eigenvalue weighted by Crippen LogP contribution is 2.30. The summed E-state index contributed by atoms with van der Waals surface area (Å²) in [6, 6.07) is 2.99. The van der Waals surface area contributed by atoms with E-state index in [1.165, 1.54) is 6.07 Å². The molecule has 0 heterocycles. The van der Waals surface area contributed by atoms with E-state index in [4.69, 9.17) is 10.9 Å². The van der Waals surface area contributed by atoms with Gasteiger partial charge in [-0.25, -0.2) is 13.6 Å². The number of sulfonamides is 1. The van der Waals surface area contributed by atoms with E-state index < -0.39 is 15.6 Å². The largest absolute Gasteiger partial charge is 0.399 e. The Hall–Kier alpha value is -1.31. The molecule has 1 rings (SSSR count). The predicted molar refractivity (Wildman–Crippen MR) is 81.0 cm³/mol. The van der Waals surface area contributed by atoms with Gasteiger partial charge in [0.2, 0.25) is 10.0 Å². The lowest BCUT2D eigenvalue weighted by Gasteiger charge is -2.33. The van der Waals surface area contributed by atoms with Crippen LogP contribution in [0.15, 0.2) is 17.0 Å². The zero-order valence-corrected chi connectivity index (χ0v) is 12.9. The fraction of sp³-hybridized carbons (Fsp3) is 0.538. The van der Waals surface area contributed by atoms with Gasteiger partial charge >= 0.3 is 0 Å². The first-order valence-corrected chi connectivity index (χ1v) is 8.05. The highest BCUT2D eigenvalue weighted by atomic mass is 32.2. The van der Waals surface area contributed by atoms with Crippen molar-refractivity contribution < 1.29 is 13.5 Å². The van der Waals surface area contributed by atoms with Gasteiger partial charge in [-0.1, -0.05) is 13.8 Å². The van der Waals surface area contributed by atoms with Crippen molar-refractivity contribution in [2.75, 3.05) is 17.7 Å². The summed E-state index contributed by atoms with van der Waals surface area (Å²) in [5.41, 5.74) is 6.62. The van der Waals surface area contributed by atoms with E-state index in [1.54, 1.807) is 13.0 Å². The van der Waals surface area contributed by atoms with Crippen LogP contribution in [-0.2, 0) is 10.0 Å². The van der Waals surface area contributed by atoms with Crippen LogP contribution in [-0.4, -0.2) is 25.7 Å². The first kappa shape index (κ1) is 16.7. The number of aliphatic hydroxyl groups is 1. The van der Waals surface area contributed by atoms with Gasteiger partial charge in [0.1, 0.15) is 0 Å². The Morgan fingerprint density at radius 2 is 1.85 bits per heavy atom. The second-order valence-electron chi connectivity index (χ2n) is 5.01. The Balaban J connectivity index is 3.37. The average Bonchev–Trinajstić information content (AvgIpc) is 2.38. The van der Waals surface area contributed by atoms with Crippen LogP contribution in [0.3, 0.4) is 0 Å². The molecule has 6 nitrogen and oxygen atoms in total. The van der Waals surface area contributed by atoms with E-state index in [0.29, 0.717) is 29.8 Å². The maximum Gasteiger partial charge on any atom is 0.238 e. The fourth-order valence-electron chi connectivity index (χ4n) is 2.11. The number of aliphatic hydroxyl groups excluding tert-OH is 1. The van der Waals surface area contributed by atoms with Gasteiger partial charge in [0.15, 0.2) is 0 Å². The molecule has 114 valence electrons. The molecule has 0 fully saturated rings. The summed E-state index contributed by atoms with van der Waals surface area (Å²) in [5, 5.41) is 18.0. The van der Waals surface area contributed by atoms with Gasteiger partial charge in [0.25, 0.3) is 0 Å². The number of benzene rings is 1. The van der Waals surface area contributed by atoms with E-state index in [-0.39, 0.29) is 11.5 Å². The molecule has 0 aliphatic rings. The molecule has 0 aromatic heterocycles. The Morgan fingerprint density at radius 3 is 2.25 bits per heavy atom. The molecule has 1 aromatic carbocycles. The molecule has 0 atom stereocenters. The molecule has 20 heavy (non-hydrogen) atoms. The fourth-order valence-corrected chi connectivity index (χ4v) is 2.95. The third-order valence-electron chi connectivity index (χ3n) is 3.74. The van der Waals surface area contributed by atoms with Gasteiger partial charge < -0.3 is 16.2 Å². The summed E-state index contributed by atoms with van der Waals surface area (Å²) in [6.45, 7) is 5.51. The third-order valence-corrected chi connectivity index (χ3v) is 4.78. The van der Waals surface area contributed by atoms with Gasteiger partial charge in [-0.05, 0) is 37.5 Å². The molecule has 0 unspecified atom stereocenters. The van der Waals surface area contributed by atoms with Crippen LogP contribution in [0, 0.1) is 6.92 Å². The lowest BCUT2D eigenvalue weighted by molar-refractivity contribution is 0.202. The Kier molecular flexibility index (Phi) is 5.01. The van der Waals surface area contributed by atoms with Crippen molar-refractivity contribution in [3.8, 4) is 0 Å². The van der Waals surface area contributed by atoms with E-state index >= 15 is 0 Å². The Bertz CT molecular complexity index is 573. The summed E-state index contributed by atoms with van der Waals surface area (Å²) in [5.74, 6) is 0. The number of rotatable bonds is 6. The number of primary sulfonamides is 1. The lowest BCUT2D eigenvalue weighted by atomic mass is 9.93. The van der Waals surface area contributed by atoms with Crippen molar-refractivity contribution in [2.45, 2.75) is 44.0 Å². The molecule has 0 spiro atoms. The van der Waals surface area contributed by atoms with Crippen molar-refractivity contribution in [3.63, 3.8) is 0 Å². The molecular weight excluding hydrogens is 278 g/mol. The second-order valence-corrected chi connectivity index (χ2v) is 6.54. The maximum absolute atomic E-state index is 11.6. The van der Waals surface area contributed by atoms with Gasteiger partial charge in [-0.15, -0.1) is 0 Å². The quantitative estimate of drug-likeness (QED) is 0.588. The summed E-state index contributed by atoms with van der Waals surface area (Å²) in [7, 11) is -3.84. The first-order chi connectivity index (χ1) is 9.19. The molecular formula is C13H23N3O3S. The van der Waals surface area contributed by atoms with Gasteiger partial charge in [-0.3, -0.25) is 0 Å². The lowest BCUT2D eigenvalue weighted by Crippen LogP contribution is -2.41. The molecule has 7 heteroatoms. The zero-order chi connectivity index (χ0) is 15.6. The third kappa shape index (κ3) is 3.41. The number of hydrogen-bond donors (Lipinski definition) is 4. The predicted octanol–water partition coefficient (Wildman–Crippen LogP) is 1.19. The molecule has 0 radical (unpaired) electrons. The Morgan fingerprint density at radius 1 is 1.30 bits per heavy atom. The SMILES string of the molecule is CCC(CC)(CO)Nc1cc(N)cc(S(N)(=O)=O)c1C. The van der Waals surface area contributed by atoms with Crippen molar-refractivity contribution in [1.29, 1.82) is 0 Å². The monoisotopic (exact) mass is 301 g/mol. The van der Waals surface area contributed by atoms with Gasteiger partial charge in [0.05, 0.1) is 17.0 Å². The van der Waals surface area contributed by atoms with E-state index in [9.17, 15) is 13.5 Å². The smallest absolute Gasteiger partial charge is 0.238 e. The molecule has 6 N–H and O–H groups in total. The van der Waals surface area contributed by atoms with E-state index in [2.05, 4.69) is 5.32 Å². The number of anilines is 2. The van der Waals surface area contributed by atoms with Crippen molar-refractivity contribution in [1.82, 2.24) is 0 Å². The number of nitrogens with two attached hydrogens (primary N) is 2. The molecule has 0 amide bonds. The van der Waals surface area contributed by atoms with Gasteiger partial charge in [0, 0.05) is 11.4 Å². The minimum atomic E-state index is -3.84. The van der Waals surface area contributed by atoms with Crippen molar-refractivity contribution in [2.24, 2.45) is 5.14 Å². The summed E-state index contributed by atoms with van der Waals surface area (Å²) in [4.78, 5) is -0.000883. The highest BCUT2D eigenvalue weighted by Gasteiger charge is 2.26. The number of nitrogens with one attached hydrogen (secondary N) is 1. The number of hydrogen-bond acceptors (Lipinski definition) is 5. The molecule has 0 aliphatic heterocycles. The maximum atomic E-state index is 11.6. The van der Waals surface area contributed by atoms with Crippen molar-refractivity contribution in [3.05, 3.63) is 17.7 Å². The van der Waals surface area contributed by atoms with Crippen molar-refractivity contribution >= 4 is 21.4 Å². The summed E-state index contributed by atoms with van der Waals surface area (Å²) >= 11 is 0. The summed E-state index contributed by atoms with van der Waals surface area (Å²) < 4.78 is 23.2.